The number of hydrogen-bond acceptors (Lipinski definition) is 4. The maximum absolute atomic E-state index is 11.0. The zero-order valence-corrected chi connectivity index (χ0v) is 13.0. The number of nitrogens with zero attached hydrogens (tertiary/aromatic N) is 1. The number of pyridine rings is 1. The van der Waals surface area contributed by atoms with E-state index in [0.29, 0.717) is 12.1 Å². The summed E-state index contributed by atoms with van der Waals surface area (Å²) in [5.74, 6) is -0.150. The van der Waals surface area contributed by atoms with Gasteiger partial charge in [0.05, 0.1) is 5.75 Å². The summed E-state index contributed by atoms with van der Waals surface area (Å²) in [6.07, 6.45) is 3.51. The van der Waals surface area contributed by atoms with Crippen molar-refractivity contribution in [3.8, 4) is 0 Å². The third-order valence-corrected chi connectivity index (χ3v) is 3.75. The zero-order chi connectivity index (χ0) is 14.6. The van der Waals surface area contributed by atoms with E-state index in [2.05, 4.69) is 26.2 Å². The summed E-state index contributed by atoms with van der Waals surface area (Å²) in [6.45, 7) is 0.640. The number of primary sulfonamides is 1. The fourth-order valence-corrected chi connectivity index (χ4v) is 2.78. The van der Waals surface area contributed by atoms with E-state index in [9.17, 15) is 8.42 Å². The van der Waals surface area contributed by atoms with Crippen molar-refractivity contribution < 1.29 is 8.42 Å². The van der Waals surface area contributed by atoms with Gasteiger partial charge in [0.1, 0.15) is 0 Å². The Labute approximate surface area is 126 Å². The number of anilines is 1. The lowest BCUT2D eigenvalue weighted by Gasteiger charge is -2.07. The van der Waals surface area contributed by atoms with E-state index in [1.807, 2.05) is 18.2 Å². The maximum atomic E-state index is 11.0. The molecular weight excluding hydrogens is 342 g/mol. The fraction of sp³-hybridized carbons (Fsp3) is 0.154. The molecule has 1 aromatic carbocycles. The third kappa shape index (κ3) is 4.92. The molecule has 0 atom stereocenters. The molecule has 0 radical (unpaired) electrons. The third-order valence-electron chi connectivity index (χ3n) is 2.58. The van der Waals surface area contributed by atoms with Gasteiger partial charge in [-0.05, 0) is 45.3 Å². The van der Waals surface area contributed by atoms with Crippen LogP contribution in [0.3, 0.4) is 0 Å². The molecule has 0 amide bonds. The highest BCUT2D eigenvalue weighted by Crippen LogP contribution is 2.14. The van der Waals surface area contributed by atoms with Crippen LogP contribution in [0.2, 0.25) is 0 Å². The standard InChI is InChI=1S/C13H14BrN3O2S/c14-12-5-11(6-16-8-12)7-17-13-3-1-10(2-4-13)9-20(15,18)19/h1-6,8,17H,7,9H2,(H2,15,18,19). The van der Waals surface area contributed by atoms with Gasteiger partial charge in [-0.1, -0.05) is 12.1 Å². The SMILES string of the molecule is NS(=O)(=O)Cc1ccc(NCc2cncc(Br)c2)cc1. The largest absolute Gasteiger partial charge is 0.381 e. The van der Waals surface area contributed by atoms with Crippen LogP contribution in [0.15, 0.2) is 47.2 Å². The molecule has 3 N–H and O–H groups in total. The molecule has 1 aromatic heterocycles. The van der Waals surface area contributed by atoms with Crippen LogP contribution in [0.5, 0.6) is 0 Å². The van der Waals surface area contributed by atoms with E-state index in [-0.39, 0.29) is 5.75 Å². The molecule has 2 rings (SSSR count). The highest BCUT2D eigenvalue weighted by molar-refractivity contribution is 9.10. The number of sulfonamides is 1. The summed E-state index contributed by atoms with van der Waals surface area (Å²) in [5.41, 5.74) is 2.62. The van der Waals surface area contributed by atoms with Gasteiger partial charge in [0.25, 0.3) is 0 Å². The second kappa shape index (κ2) is 6.34. The number of nitrogens with two attached hydrogens (primary N) is 1. The van der Waals surface area contributed by atoms with Crippen molar-refractivity contribution in [1.82, 2.24) is 4.98 Å². The molecule has 0 unspecified atom stereocenters. The average molecular weight is 356 g/mol. The highest BCUT2D eigenvalue weighted by Gasteiger charge is 2.04. The first-order valence-electron chi connectivity index (χ1n) is 5.85. The van der Waals surface area contributed by atoms with E-state index < -0.39 is 10.0 Å². The van der Waals surface area contributed by atoms with Crippen LogP contribution in [0.4, 0.5) is 5.69 Å². The second-order valence-corrected chi connectivity index (χ2v) is 6.90. The van der Waals surface area contributed by atoms with Crippen molar-refractivity contribution in [3.05, 3.63) is 58.3 Å². The highest BCUT2D eigenvalue weighted by atomic mass is 79.9. The number of hydrogen-bond donors (Lipinski definition) is 2. The summed E-state index contributed by atoms with van der Waals surface area (Å²) in [4.78, 5) is 4.08. The van der Waals surface area contributed by atoms with Crippen molar-refractivity contribution in [2.75, 3.05) is 5.32 Å². The molecule has 0 aliphatic rings. The van der Waals surface area contributed by atoms with E-state index in [1.165, 1.54) is 0 Å². The van der Waals surface area contributed by atoms with Crippen molar-refractivity contribution >= 4 is 31.6 Å². The van der Waals surface area contributed by atoms with Crippen molar-refractivity contribution in [1.29, 1.82) is 0 Å². The molecule has 5 nitrogen and oxygen atoms in total. The molecule has 7 heteroatoms. The lowest BCUT2D eigenvalue weighted by molar-refractivity contribution is 0.597. The topological polar surface area (TPSA) is 85.1 Å². The monoisotopic (exact) mass is 355 g/mol. The minimum absolute atomic E-state index is 0.150. The lowest BCUT2D eigenvalue weighted by atomic mass is 10.2. The Hall–Kier alpha value is -1.44. The molecule has 106 valence electrons. The van der Waals surface area contributed by atoms with Gasteiger partial charge in [0, 0.05) is 29.1 Å². The van der Waals surface area contributed by atoms with Gasteiger partial charge in [-0.15, -0.1) is 0 Å². The van der Waals surface area contributed by atoms with E-state index in [4.69, 9.17) is 5.14 Å². The van der Waals surface area contributed by atoms with Gasteiger partial charge < -0.3 is 5.32 Å². The van der Waals surface area contributed by atoms with E-state index in [0.717, 1.165) is 15.7 Å². The number of aromatic nitrogens is 1. The van der Waals surface area contributed by atoms with Crippen LogP contribution in [-0.2, 0) is 22.3 Å². The first-order valence-corrected chi connectivity index (χ1v) is 8.36. The Bertz CT molecular complexity index is 687. The van der Waals surface area contributed by atoms with Gasteiger partial charge in [0.2, 0.25) is 10.0 Å². The Morgan fingerprint density at radius 3 is 2.45 bits per heavy atom. The summed E-state index contributed by atoms with van der Waals surface area (Å²) in [6, 6.07) is 9.12. The van der Waals surface area contributed by atoms with Gasteiger partial charge >= 0.3 is 0 Å². The molecule has 0 aliphatic carbocycles. The molecule has 0 saturated carbocycles. The Morgan fingerprint density at radius 2 is 1.85 bits per heavy atom. The minimum atomic E-state index is -3.48. The van der Waals surface area contributed by atoms with Crippen LogP contribution >= 0.6 is 15.9 Å². The summed E-state index contributed by atoms with van der Waals surface area (Å²) < 4.78 is 22.9. The lowest BCUT2D eigenvalue weighted by Crippen LogP contribution is -2.14. The summed E-state index contributed by atoms with van der Waals surface area (Å²) in [5, 5.41) is 8.24. The Balaban J connectivity index is 1.97. The number of nitrogens with one attached hydrogen (secondary N) is 1. The molecule has 0 spiro atoms. The van der Waals surface area contributed by atoms with E-state index >= 15 is 0 Å². The number of rotatable bonds is 5. The molecule has 20 heavy (non-hydrogen) atoms. The van der Waals surface area contributed by atoms with Crippen molar-refractivity contribution in [2.24, 2.45) is 5.14 Å². The molecule has 1 heterocycles. The van der Waals surface area contributed by atoms with Gasteiger partial charge in [-0.25, -0.2) is 13.6 Å². The molecule has 0 fully saturated rings. The van der Waals surface area contributed by atoms with Crippen LogP contribution in [0, 0.1) is 0 Å². The number of halogens is 1. The fourth-order valence-electron chi connectivity index (χ4n) is 1.71. The predicted molar refractivity (Wildman–Crippen MR) is 82.5 cm³/mol. The van der Waals surface area contributed by atoms with Gasteiger partial charge in [-0.3, -0.25) is 4.98 Å². The molecule has 0 saturated heterocycles. The quantitative estimate of drug-likeness (QED) is 0.861. The van der Waals surface area contributed by atoms with Crippen molar-refractivity contribution in [3.63, 3.8) is 0 Å². The second-order valence-electron chi connectivity index (χ2n) is 4.37. The normalized spacial score (nSPS) is 11.3. The predicted octanol–water partition coefficient (Wildman–Crippen LogP) is 2.24. The Morgan fingerprint density at radius 1 is 1.15 bits per heavy atom. The number of benzene rings is 1. The Kier molecular flexibility index (Phi) is 4.74. The van der Waals surface area contributed by atoms with E-state index in [1.54, 1.807) is 24.5 Å². The molecular formula is C13H14BrN3O2S. The first kappa shape index (κ1) is 15.0. The zero-order valence-electron chi connectivity index (χ0n) is 10.6. The van der Waals surface area contributed by atoms with Crippen LogP contribution in [0.25, 0.3) is 0 Å². The smallest absolute Gasteiger partial charge is 0.213 e. The first-order chi connectivity index (χ1) is 9.42. The molecule has 2 aromatic rings. The molecule has 0 aliphatic heterocycles. The van der Waals surface area contributed by atoms with Crippen LogP contribution in [-0.4, -0.2) is 13.4 Å². The van der Waals surface area contributed by atoms with Gasteiger partial charge in [-0.2, -0.15) is 0 Å². The molecule has 0 bridgehead atoms. The summed E-state index contributed by atoms with van der Waals surface area (Å²) in [7, 11) is -3.48. The maximum Gasteiger partial charge on any atom is 0.213 e. The van der Waals surface area contributed by atoms with Crippen LogP contribution < -0.4 is 10.5 Å². The summed E-state index contributed by atoms with van der Waals surface area (Å²) >= 11 is 3.37. The van der Waals surface area contributed by atoms with Crippen LogP contribution in [0.1, 0.15) is 11.1 Å². The minimum Gasteiger partial charge on any atom is -0.381 e. The van der Waals surface area contributed by atoms with Gasteiger partial charge in [0.15, 0.2) is 0 Å². The van der Waals surface area contributed by atoms with Crippen molar-refractivity contribution in [2.45, 2.75) is 12.3 Å². The average Bonchev–Trinajstić information content (AvgIpc) is 2.36.